The Bertz CT molecular complexity index is 572. The number of rotatable bonds is 4. The highest BCUT2D eigenvalue weighted by atomic mass is 35.5. The van der Waals surface area contributed by atoms with Crippen LogP contribution < -0.4 is 10.2 Å². The first-order valence-electron chi connectivity index (χ1n) is 5.90. The fourth-order valence-electron chi connectivity index (χ4n) is 1.70. The van der Waals surface area contributed by atoms with Crippen molar-refractivity contribution in [2.75, 3.05) is 0 Å². The van der Waals surface area contributed by atoms with Crippen molar-refractivity contribution in [2.24, 2.45) is 0 Å². The molecule has 0 spiro atoms. The molecule has 0 aliphatic rings. The van der Waals surface area contributed by atoms with Crippen LogP contribution in [0.4, 0.5) is 0 Å². The highest BCUT2D eigenvalue weighted by Gasteiger charge is 2.11. The van der Waals surface area contributed by atoms with E-state index in [0.717, 1.165) is 11.1 Å². The lowest BCUT2D eigenvalue weighted by Crippen LogP contribution is -2.29. The number of halogens is 1. The summed E-state index contributed by atoms with van der Waals surface area (Å²) in [5, 5.41) is 18.8. The van der Waals surface area contributed by atoms with Crippen LogP contribution >= 0.6 is 11.6 Å². The van der Waals surface area contributed by atoms with Gasteiger partial charge in [-0.2, -0.15) is 0 Å². The first-order chi connectivity index (χ1) is 9.06. The molecule has 0 bridgehead atoms. The Hall–Kier alpha value is -1.49. The van der Waals surface area contributed by atoms with Gasteiger partial charge in [0.2, 0.25) is 0 Å². The van der Waals surface area contributed by atoms with Gasteiger partial charge in [0.1, 0.15) is 12.4 Å². The summed E-state index contributed by atoms with van der Waals surface area (Å²) in [5.74, 6) is 0.572. The van der Waals surface area contributed by atoms with Gasteiger partial charge < -0.3 is 14.8 Å². The van der Waals surface area contributed by atoms with Crippen LogP contribution in [0, 0.1) is 6.92 Å². The number of aryl methyl sites for hydroxylation is 1. The maximum absolute atomic E-state index is 9.09. The quantitative estimate of drug-likeness (QED) is 0.839. The summed E-state index contributed by atoms with van der Waals surface area (Å²) in [7, 11) is -1.49. The van der Waals surface area contributed by atoms with Crippen LogP contribution in [0.5, 0.6) is 5.75 Å². The fourth-order valence-corrected chi connectivity index (χ4v) is 1.99. The van der Waals surface area contributed by atoms with Gasteiger partial charge in [-0.25, -0.2) is 0 Å². The van der Waals surface area contributed by atoms with Crippen molar-refractivity contribution in [1.29, 1.82) is 0 Å². The Morgan fingerprint density at radius 1 is 1.16 bits per heavy atom. The minimum Gasteiger partial charge on any atom is -0.489 e. The summed E-state index contributed by atoms with van der Waals surface area (Å²) >= 11 is 6.12. The molecule has 2 aromatic rings. The van der Waals surface area contributed by atoms with Crippen molar-refractivity contribution in [3.63, 3.8) is 0 Å². The molecular weight excluding hydrogens is 262 g/mol. The lowest BCUT2D eigenvalue weighted by Gasteiger charge is -2.09. The summed E-state index contributed by atoms with van der Waals surface area (Å²) in [6.45, 7) is 2.31. The van der Waals surface area contributed by atoms with Crippen LogP contribution in [0.3, 0.4) is 0 Å². The topological polar surface area (TPSA) is 49.7 Å². The molecule has 0 heterocycles. The molecule has 0 saturated heterocycles. The SMILES string of the molecule is Cc1ccc(COc2cccc(B(O)O)c2)c(Cl)c1. The minimum atomic E-state index is -1.49. The van der Waals surface area contributed by atoms with Crippen molar-refractivity contribution in [3.05, 3.63) is 58.6 Å². The van der Waals surface area contributed by atoms with Gasteiger partial charge in [0.15, 0.2) is 0 Å². The zero-order chi connectivity index (χ0) is 13.8. The van der Waals surface area contributed by atoms with Crippen molar-refractivity contribution in [3.8, 4) is 5.75 Å². The summed E-state index contributed by atoms with van der Waals surface area (Å²) in [6, 6.07) is 12.5. The fraction of sp³-hybridized carbons (Fsp3) is 0.143. The molecule has 0 radical (unpaired) electrons. The zero-order valence-corrected chi connectivity index (χ0v) is 11.3. The molecule has 0 aliphatic heterocycles. The second-order valence-electron chi connectivity index (χ2n) is 4.33. The molecule has 2 rings (SSSR count). The van der Waals surface area contributed by atoms with Gasteiger partial charge >= 0.3 is 7.12 Å². The van der Waals surface area contributed by atoms with Crippen molar-refractivity contribution >= 4 is 24.2 Å². The molecule has 3 nitrogen and oxygen atoms in total. The first kappa shape index (κ1) is 13.9. The lowest BCUT2D eigenvalue weighted by atomic mass is 9.80. The Morgan fingerprint density at radius 2 is 1.95 bits per heavy atom. The summed E-state index contributed by atoms with van der Waals surface area (Å²) < 4.78 is 5.60. The van der Waals surface area contributed by atoms with Gasteiger partial charge in [-0.3, -0.25) is 0 Å². The van der Waals surface area contributed by atoms with Gasteiger partial charge in [0.05, 0.1) is 0 Å². The molecule has 2 aromatic carbocycles. The van der Waals surface area contributed by atoms with E-state index < -0.39 is 7.12 Å². The molecule has 0 aromatic heterocycles. The summed E-state index contributed by atoms with van der Waals surface area (Å²) in [5.41, 5.74) is 2.38. The van der Waals surface area contributed by atoms with Gasteiger partial charge in [0.25, 0.3) is 0 Å². The van der Waals surface area contributed by atoms with Gasteiger partial charge in [0, 0.05) is 10.6 Å². The molecule has 0 aliphatic carbocycles. The van der Waals surface area contributed by atoms with E-state index in [1.807, 2.05) is 25.1 Å². The monoisotopic (exact) mass is 276 g/mol. The van der Waals surface area contributed by atoms with Crippen LogP contribution in [-0.4, -0.2) is 17.2 Å². The number of hydrogen-bond acceptors (Lipinski definition) is 3. The molecule has 2 N–H and O–H groups in total. The number of hydrogen-bond donors (Lipinski definition) is 2. The van der Waals surface area contributed by atoms with E-state index in [9.17, 15) is 0 Å². The molecule has 19 heavy (non-hydrogen) atoms. The molecule has 0 atom stereocenters. The number of ether oxygens (including phenoxy) is 1. The minimum absolute atomic E-state index is 0.337. The third-order valence-electron chi connectivity index (χ3n) is 2.76. The van der Waals surface area contributed by atoms with E-state index in [-0.39, 0.29) is 0 Å². The standard InChI is InChI=1S/C14H14BClO3/c1-10-5-6-11(14(16)7-10)9-19-13-4-2-3-12(8-13)15(17)18/h2-8,17-18H,9H2,1H3. The van der Waals surface area contributed by atoms with Crippen LogP contribution in [0.1, 0.15) is 11.1 Å². The molecule has 0 fully saturated rings. The predicted molar refractivity (Wildman–Crippen MR) is 76.8 cm³/mol. The second-order valence-corrected chi connectivity index (χ2v) is 4.74. The largest absolute Gasteiger partial charge is 0.489 e. The third-order valence-corrected chi connectivity index (χ3v) is 3.11. The maximum Gasteiger partial charge on any atom is 0.488 e. The van der Waals surface area contributed by atoms with Crippen LogP contribution in [0.25, 0.3) is 0 Å². The van der Waals surface area contributed by atoms with Crippen molar-refractivity contribution in [2.45, 2.75) is 13.5 Å². The third kappa shape index (κ3) is 3.74. The van der Waals surface area contributed by atoms with Crippen LogP contribution in [0.2, 0.25) is 5.02 Å². The van der Waals surface area contributed by atoms with E-state index in [1.54, 1.807) is 24.3 Å². The Morgan fingerprint density at radius 3 is 2.63 bits per heavy atom. The number of benzene rings is 2. The highest BCUT2D eigenvalue weighted by Crippen LogP contribution is 2.19. The van der Waals surface area contributed by atoms with E-state index in [4.69, 9.17) is 26.4 Å². The highest BCUT2D eigenvalue weighted by molar-refractivity contribution is 6.58. The Labute approximate surface area is 117 Å². The average molecular weight is 277 g/mol. The van der Waals surface area contributed by atoms with E-state index >= 15 is 0 Å². The second kappa shape index (κ2) is 6.11. The molecule has 0 saturated carbocycles. The molecule has 5 heteroatoms. The van der Waals surface area contributed by atoms with E-state index in [2.05, 4.69) is 0 Å². The van der Waals surface area contributed by atoms with Gasteiger partial charge in [-0.1, -0.05) is 35.9 Å². The smallest absolute Gasteiger partial charge is 0.488 e. The Kier molecular flexibility index (Phi) is 4.48. The Balaban J connectivity index is 2.08. The average Bonchev–Trinajstić information content (AvgIpc) is 2.38. The zero-order valence-electron chi connectivity index (χ0n) is 10.5. The lowest BCUT2D eigenvalue weighted by molar-refractivity contribution is 0.306. The summed E-state index contributed by atoms with van der Waals surface area (Å²) in [6.07, 6.45) is 0. The maximum atomic E-state index is 9.09. The van der Waals surface area contributed by atoms with Crippen LogP contribution in [-0.2, 0) is 6.61 Å². The first-order valence-corrected chi connectivity index (χ1v) is 6.28. The normalized spacial score (nSPS) is 10.3. The van der Waals surface area contributed by atoms with Crippen molar-refractivity contribution in [1.82, 2.24) is 0 Å². The molecule has 0 unspecified atom stereocenters. The molecular formula is C14H14BClO3. The van der Waals surface area contributed by atoms with E-state index in [1.165, 1.54) is 0 Å². The predicted octanol–water partition coefficient (Wildman–Crippen LogP) is 1.91. The summed E-state index contributed by atoms with van der Waals surface area (Å²) in [4.78, 5) is 0. The van der Waals surface area contributed by atoms with Crippen LogP contribution in [0.15, 0.2) is 42.5 Å². The van der Waals surface area contributed by atoms with Gasteiger partial charge in [-0.15, -0.1) is 0 Å². The molecule has 0 amide bonds. The van der Waals surface area contributed by atoms with Gasteiger partial charge in [-0.05, 0) is 36.1 Å². The van der Waals surface area contributed by atoms with Crippen molar-refractivity contribution < 1.29 is 14.8 Å². The molecule has 98 valence electrons. The van der Waals surface area contributed by atoms with E-state index in [0.29, 0.717) is 22.8 Å².